The third-order valence-electron chi connectivity index (χ3n) is 12.2. The van der Waals surface area contributed by atoms with Gasteiger partial charge < -0.3 is 4.90 Å². The lowest BCUT2D eigenvalue weighted by molar-refractivity contribution is 0.645. The largest absolute Gasteiger partial charge is 0.310 e. The minimum absolute atomic E-state index is 0.247. The predicted molar refractivity (Wildman–Crippen MR) is 240 cm³/mol. The van der Waals surface area contributed by atoms with E-state index < -0.39 is 0 Å². The van der Waals surface area contributed by atoms with Crippen LogP contribution in [0.25, 0.3) is 76.5 Å². The molecule has 11 rings (SSSR count). The topological polar surface area (TPSA) is 3.24 Å². The Labute approximate surface area is 327 Å². The van der Waals surface area contributed by atoms with Gasteiger partial charge in [-0.25, -0.2) is 0 Å². The molecule has 10 aromatic carbocycles. The van der Waals surface area contributed by atoms with E-state index in [4.69, 9.17) is 0 Å². The average molecular weight is 714 g/mol. The molecule has 10 aromatic rings. The molecule has 0 saturated heterocycles. The lowest BCUT2D eigenvalue weighted by atomic mass is 9.67. The normalized spacial score (nSPS) is 13.0. The molecule has 0 amide bonds. The molecular formula is C55H39N. The zero-order valence-corrected chi connectivity index (χ0v) is 31.5. The van der Waals surface area contributed by atoms with Crippen LogP contribution in [0.1, 0.15) is 25.0 Å². The summed E-state index contributed by atoms with van der Waals surface area (Å²) >= 11 is 0. The van der Waals surface area contributed by atoms with Crippen molar-refractivity contribution in [1.82, 2.24) is 0 Å². The fraction of sp³-hybridized carbons (Fsp3) is 0.0545. The number of rotatable bonds is 5. The van der Waals surface area contributed by atoms with Gasteiger partial charge in [-0.3, -0.25) is 0 Å². The van der Waals surface area contributed by atoms with E-state index in [2.05, 4.69) is 219 Å². The van der Waals surface area contributed by atoms with Gasteiger partial charge in [0.15, 0.2) is 0 Å². The molecule has 56 heavy (non-hydrogen) atoms. The number of fused-ring (bicyclic) bond motifs is 6. The Morgan fingerprint density at radius 1 is 0.357 bits per heavy atom. The molecule has 1 nitrogen and oxygen atoms in total. The van der Waals surface area contributed by atoms with Crippen molar-refractivity contribution in [2.45, 2.75) is 19.3 Å². The van der Waals surface area contributed by atoms with Crippen molar-refractivity contribution in [3.63, 3.8) is 0 Å². The first-order chi connectivity index (χ1) is 27.5. The van der Waals surface area contributed by atoms with E-state index in [1.165, 1.54) is 93.3 Å². The standard InChI is InChI=1S/C55H39N/c1-55(2)50-25-13-19-39-28-32-48(46-24-12-18-38-16-6-8-20-43(38)46)54(53(39)50)49-33-31-42(35-51(49)55)56(41-29-26-37(27-30-41)36-14-4-3-5-15-36)52-34-40-17-7-9-21-44(40)45-22-10-11-23-47(45)52/h3-35H,1-2H3. The first-order valence-electron chi connectivity index (χ1n) is 19.6. The second kappa shape index (κ2) is 12.5. The van der Waals surface area contributed by atoms with Crippen molar-refractivity contribution in [2.75, 3.05) is 4.90 Å². The first kappa shape index (κ1) is 32.5. The van der Waals surface area contributed by atoms with E-state index in [1.807, 2.05) is 0 Å². The van der Waals surface area contributed by atoms with Gasteiger partial charge in [-0.1, -0.05) is 184 Å². The van der Waals surface area contributed by atoms with Gasteiger partial charge in [-0.15, -0.1) is 0 Å². The molecule has 0 bridgehead atoms. The van der Waals surface area contributed by atoms with Gasteiger partial charge in [0.2, 0.25) is 0 Å². The van der Waals surface area contributed by atoms with E-state index in [1.54, 1.807) is 0 Å². The molecule has 0 aromatic heterocycles. The van der Waals surface area contributed by atoms with Crippen molar-refractivity contribution in [2.24, 2.45) is 0 Å². The maximum atomic E-state index is 2.48. The van der Waals surface area contributed by atoms with Crippen LogP contribution in [0.2, 0.25) is 0 Å². The van der Waals surface area contributed by atoms with E-state index >= 15 is 0 Å². The molecule has 0 atom stereocenters. The summed E-state index contributed by atoms with van der Waals surface area (Å²) in [5.41, 5.74) is 13.5. The number of nitrogens with zero attached hydrogens (tertiary/aromatic N) is 1. The summed E-state index contributed by atoms with van der Waals surface area (Å²) in [6.45, 7) is 4.81. The average Bonchev–Trinajstić information content (AvgIpc) is 3.26. The SMILES string of the molecule is CC1(C)c2cc(N(c3ccc(-c4ccccc4)cc3)c3cc4ccccc4c4ccccc34)ccc2-c2c(-c3cccc4ccccc34)ccc3cccc1c23. The van der Waals surface area contributed by atoms with Gasteiger partial charge in [0.05, 0.1) is 5.69 Å². The summed E-state index contributed by atoms with van der Waals surface area (Å²) in [6.07, 6.45) is 0. The highest BCUT2D eigenvalue weighted by molar-refractivity contribution is 6.15. The van der Waals surface area contributed by atoms with Crippen molar-refractivity contribution in [3.8, 4) is 33.4 Å². The van der Waals surface area contributed by atoms with Crippen LogP contribution in [0.3, 0.4) is 0 Å². The molecule has 0 unspecified atom stereocenters. The Bertz CT molecular complexity index is 3150. The van der Waals surface area contributed by atoms with Crippen LogP contribution in [-0.2, 0) is 5.41 Å². The lowest BCUT2D eigenvalue weighted by Crippen LogP contribution is -2.24. The zero-order valence-electron chi connectivity index (χ0n) is 31.5. The molecule has 0 fully saturated rings. The summed E-state index contributed by atoms with van der Waals surface area (Å²) in [4.78, 5) is 2.48. The molecule has 0 saturated carbocycles. The Balaban J connectivity index is 1.18. The second-order valence-electron chi connectivity index (χ2n) is 15.7. The van der Waals surface area contributed by atoms with Crippen molar-refractivity contribution < 1.29 is 0 Å². The third kappa shape index (κ3) is 4.94. The van der Waals surface area contributed by atoms with Gasteiger partial charge in [0.25, 0.3) is 0 Å². The van der Waals surface area contributed by atoms with Crippen molar-refractivity contribution >= 4 is 60.2 Å². The van der Waals surface area contributed by atoms with Gasteiger partial charge in [-0.2, -0.15) is 0 Å². The zero-order chi connectivity index (χ0) is 37.4. The molecular weight excluding hydrogens is 675 g/mol. The summed E-state index contributed by atoms with van der Waals surface area (Å²) in [6, 6.07) is 74.0. The van der Waals surface area contributed by atoms with Gasteiger partial charge in [0.1, 0.15) is 0 Å². The molecule has 264 valence electrons. The highest BCUT2D eigenvalue weighted by atomic mass is 15.1. The summed E-state index contributed by atoms with van der Waals surface area (Å²) in [7, 11) is 0. The van der Waals surface area contributed by atoms with Crippen molar-refractivity contribution in [3.05, 3.63) is 211 Å². The molecule has 0 N–H and O–H groups in total. The molecule has 1 heteroatoms. The first-order valence-corrected chi connectivity index (χ1v) is 19.6. The minimum atomic E-state index is -0.247. The Morgan fingerprint density at radius 2 is 0.964 bits per heavy atom. The molecule has 1 aliphatic rings. The van der Waals surface area contributed by atoms with E-state index in [0.717, 1.165) is 11.4 Å². The van der Waals surface area contributed by atoms with Crippen LogP contribution in [0, 0.1) is 0 Å². The Hall–Kier alpha value is -6.96. The maximum absolute atomic E-state index is 2.48. The fourth-order valence-electron chi connectivity index (χ4n) is 9.50. The van der Waals surface area contributed by atoms with Crippen LogP contribution < -0.4 is 4.90 Å². The van der Waals surface area contributed by atoms with Crippen molar-refractivity contribution in [1.29, 1.82) is 0 Å². The molecule has 1 aliphatic carbocycles. The molecule has 0 spiro atoms. The quantitative estimate of drug-likeness (QED) is 0.161. The van der Waals surface area contributed by atoms with Gasteiger partial charge in [-0.05, 0) is 113 Å². The summed E-state index contributed by atoms with van der Waals surface area (Å²) in [5, 5.41) is 10.2. The van der Waals surface area contributed by atoms with E-state index in [9.17, 15) is 0 Å². The minimum Gasteiger partial charge on any atom is -0.310 e. The monoisotopic (exact) mass is 713 g/mol. The van der Waals surface area contributed by atoms with E-state index in [-0.39, 0.29) is 5.41 Å². The second-order valence-corrected chi connectivity index (χ2v) is 15.7. The molecule has 0 heterocycles. The van der Waals surface area contributed by atoms with Crippen LogP contribution in [-0.4, -0.2) is 0 Å². The van der Waals surface area contributed by atoms with Crippen LogP contribution in [0.4, 0.5) is 17.1 Å². The van der Waals surface area contributed by atoms with Gasteiger partial charge in [0, 0.05) is 22.2 Å². The Kier molecular flexibility index (Phi) is 7.28. The number of hydrogen-bond donors (Lipinski definition) is 0. The summed E-state index contributed by atoms with van der Waals surface area (Å²) < 4.78 is 0. The predicted octanol–water partition coefficient (Wildman–Crippen LogP) is 15.4. The van der Waals surface area contributed by atoms with Crippen LogP contribution >= 0.6 is 0 Å². The van der Waals surface area contributed by atoms with E-state index in [0.29, 0.717) is 0 Å². The highest BCUT2D eigenvalue weighted by Gasteiger charge is 2.35. The molecule has 0 radical (unpaired) electrons. The Morgan fingerprint density at radius 3 is 1.79 bits per heavy atom. The highest BCUT2D eigenvalue weighted by Crippen LogP contribution is 2.54. The smallest absolute Gasteiger partial charge is 0.0546 e. The molecule has 0 aliphatic heterocycles. The number of hydrogen-bond acceptors (Lipinski definition) is 1. The third-order valence-corrected chi connectivity index (χ3v) is 12.2. The number of anilines is 3. The maximum Gasteiger partial charge on any atom is 0.0546 e. The lowest BCUT2D eigenvalue weighted by Gasteiger charge is -2.37. The fourth-order valence-corrected chi connectivity index (χ4v) is 9.50. The van der Waals surface area contributed by atoms with Crippen LogP contribution in [0.5, 0.6) is 0 Å². The number of benzene rings is 10. The summed E-state index contributed by atoms with van der Waals surface area (Å²) in [5.74, 6) is 0. The van der Waals surface area contributed by atoms with Crippen LogP contribution in [0.15, 0.2) is 200 Å². The van der Waals surface area contributed by atoms with Gasteiger partial charge >= 0.3 is 0 Å².